The summed E-state index contributed by atoms with van der Waals surface area (Å²) in [6, 6.07) is 15.2. The second-order valence-electron chi connectivity index (χ2n) is 7.29. The van der Waals surface area contributed by atoms with E-state index in [0.29, 0.717) is 18.4 Å². The van der Waals surface area contributed by atoms with Crippen molar-refractivity contribution in [2.45, 2.75) is 45.0 Å². The van der Waals surface area contributed by atoms with Gasteiger partial charge in [-0.15, -0.1) is 0 Å². The van der Waals surface area contributed by atoms with Crippen molar-refractivity contribution in [2.75, 3.05) is 0 Å². The van der Waals surface area contributed by atoms with Crippen LogP contribution in [0.4, 0.5) is 0 Å². The van der Waals surface area contributed by atoms with E-state index in [1.54, 1.807) is 6.07 Å². The first kappa shape index (κ1) is 18.7. The van der Waals surface area contributed by atoms with Crippen molar-refractivity contribution in [1.29, 1.82) is 0 Å². The topological polar surface area (TPSA) is 61.7 Å². The average Bonchev–Trinajstić information content (AvgIpc) is 3.03. The number of esters is 1. The van der Waals surface area contributed by atoms with Crippen LogP contribution in [0.5, 0.6) is 0 Å². The Hall–Kier alpha value is -2.11. The van der Waals surface area contributed by atoms with Crippen molar-refractivity contribution < 1.29 is 14.1 Å². The van der Waals surface area contributed by atoms with E-state index < -0.39 is 16.1 Å². The maximum Gasteiger partial charge on any atom is 0.338 e. The van der Waals surface area contributed by atoms with Crippen LogP contribution in [0.3, 0.4) is 0 Å². The van der Waals surface area contributed by atoms with Crippen LogP contribution in [0.25, 0.3) is 0 Å². The summed E-state index contributed by atoms with van der Waals surface area (Å²) in [6.45, 7) is 5.96. The summed E-state index contributed by atoms with van der Waals surface area (Å²) in [7, 11) is 0. The van der Waals surface area contributed by atoms with Crippen molar-refractivity contribution in [3.8, 4) is 0 Å². The molecule has 0 bridgehead atoms. The van der Waals surface area contributed by atoms with Crippen LogP contribution in [0.15, 0.2) is 52.9 Å². The van der Waals surface area contributed by atoms with Gasteiger partial charge in [0.1, 0.15) is 22.7 Å². The quantitative estimate of drug-likeness (QED) is 0.598. The monoisotopic (exact) mass is 369 g/mol. The van der Waals surface area contributed by atoms with Gasteiger partial charge in [-0.1, -0.05) is 46.9 Å². The van der Waals surface area contributed by atoms with Crippen molar-refractivity contribution in [1.82, 2.24) is 0 Å². The molecule has 0 heterocycles. The lowest BCUT2D eigenvalue weighted by atomic mass is 10.0. The number of ether oxygens (including phenoxy) is 1. The van der Waals surface area contributed by atoms with E-state index in [0.717, 1.165) is 22.4 Å². The lowest BCUT2D eigenvalue weighted by Gasteiger charge is -2.18. The zero-order valence-corrected chi connectivity index (χ0v) is 16.1. The largest absolute Gasteiger partial charge is 0.591 e. The normalized spacial score (nSPS) is 16.4. The number of fused-ring (bicyclic) bond motifs is 1. The van der Waals surface area contributed by atoms with E-state index in [1.165, 1.54) is 0 Å². The molecule has 2 aromatic rings. The molecule has 0 aliphatic heterocycles. The summed E-state index contributed by atoms with van der Waals surface area (Å²) in [5.74, 6) is -0.330. The molecule has 0 amide bonds. The van der Waals surface area contributed by atoms with E-state index in [9.17, 15) is 9.35 Å². The van der Waals surface area contributed by atoms with E-state index in [4.69, 9.17) is 4.74 Å². The van der Waals surface area contributed by atoms with Gasteiger partial charge in [0.25, 0.3) is 0 Å². The Kier molecular flexibility index (Phi) is 5.49. The SMILES string of the molecule is CC(C)(C)[S@@+]([O-])/N=C1\CCc2c(C(=O)OCc3ccccc3)cccc21. The molecule has 1 aliphatic carbocycles. The Morgan fingerprint density at radius 2 is 1.85 bits per heavy atom. The molecule has 0 N–H and O–H groups in total. The number of nitrogens with zero attached hydrogens (tertiary/aromatic N) is 1. The number of carbonyl (C=O) groups is 1. The van der Waals surface area contributed by atoms with Crippen LogP contribution >= 0.6 is 0 Å². The Morgan fingerprint density at radius 3 is 2.54 bits per heavy atom. The highest BCUT2D eigenvalue weighted by Crippen LogP contribution is 2.29. The third-order valence-electron chi connectivity index (χ3n) is 4.25. The molecule has 1 aliphatic rings. The molecule has 0 spiro atoms. The highest BCUT2D eigenvalue weighted by molar-refractivity contribution is 7.91. The summed E-state index contributed by atoms with van der Waals surface area (Å²) < 4.78 is 21.8. The molecule has 136 valence electrons. The van der Waals surface area contributed by atoms with Crippen LogP contribution in [0.2, 0.25) is 0 Å². The minimum absolute atomic E-state index is 0.248. The van der Waals surface area contributed by atoms with Gasteiger partial charge in [-0.25, -0.2) is 4.79 Å². The zero-order valence-electron chi connectivity index (χ0n) is 15.3. The maximum atomic E-state index is 12.5. The number of carbonyl (C=O) groups excluding carboxylic acids is 1. The molecule has 0 radical (unpaired) electrons. The Bertz CT molecular complexity index is 825. The van der Waals surface area contributed by atoms with Crippen molar-refractivity contribution in [2.24, 2.45) is 4.40 Å². The summed E-state index contributed by atoms with van der Waals surface area (Å²) in [6.07, 6.45) is 1.41. The van der Waals surface area contributed by atoms with Gasteiger partial charge in [0.2, 0.25) is 0 Å². The molecule has 5 heteroatoms. The summed E-state index contributed by atoms with van der Waals surface area (Å²) in [5, 5.41) is 0. The number of benzene rings is 2. The third-order valence-corrected chi connectivity index (χ3v) is 5.68. The zero-order chi connectivity index (χ0) is 18.7. The molecule has 0 saturated heterocycles. The van der Waals surface area contributed by atoms with E-state index in [2.05, 4.69) is 4.40 Å². The van der Waals surface area contributed by atoms with Gasteiger partial charge < -0.3 is 9.29 Å². The molecule has 0 fully saturated rings. The van der Waals surface area contributed by atoms with Crippen molar-refractivity contribution in [3.05, 3.63) is 70.8 Å². The van der Waals surface area contributed by atoms with Gasteiger partial charge in [0.15, 0.2) is 0 Å². The molecular weight excluding hydrogens is 346 g/mol. The predicted octanol–water partition coefficient (Wildman–Crippen LogP) is 4.24. The van der Waals surface area contributed by atoms with Crippen LogP contribution in [0.1, 0.15) is 54.2 Å². The standard InChI is InChI=1S/C21H23NO3S/c1-21(2,3)26(24)22-19-13-12-16-17(19)10-7-11-18(16)20(23)25-14-15-8-5-4-6-9-15/h4-11H,12-14H2,1-3H3/b22-19+/t26-/m1/s1. The van der Waals surface area contributed by atoms with Crippen LogP contribution in [0, 0.1) is 0 Å². The van der Waals surface area contributed by atoms with Gasteiger partial charge in [0.05, 0.1) is 11.3 Å². The first-order valence-electron chi connectivity index (χ1n) is 8.69. The molecule has 1 atom stereocenters. The van der Waals surface area contributed by atoms with E-state index >= 15 is 0 Å². The minimum atomic E-state index is -1.31. The Labute approximate surface area is 157 Å². The fourth-order valence-electron chi connectivity index (χ4n) is 2.83. The van der Waals surface area contributed by atoms with Gasteiger partial charge >= 0.3 is 5.97 Å². The smallest absolute Gasteiger partial charge is 0.338 e. The van der Waals surface area contributed by atoms with Gasteiger partial charge in [-0.2, -0.15) is 0 Å². The van der Waals surface area contributed by atoms with Gasteiger partial charge in [-0.05, 0) is 50.8 Å². The third kappa shape index (κ3) is 4.17. The first-order valence-corrected chi connectivity index (χ1v) is 9.80. The van der Waals surface area contributed by atoms with Crippen molar-refractivity contribution >= 4 is 23.0 Å². The highest BCUT2D eigenvalue weighted by atomic mass is 32.2. The lowest BCUT2D eigenvalue weighted by molar-refractivity contribution is 0.0471. The van der Waals surface area contributed by atoms with Gasteiger partial charge in [0, 0.05) is 5.56 Å². The highest BCUT2D eigenvalue weighted by Gasteiger charge is 2.30. The second-order valence-corrected chi connectivity index (χ2v) is 9.20. The van der Waals surface area contributed by atoms with E-state index in [1.807, 2.05) is 63.2 Å². The second kappa shape index (κ2) is 7.64. The number of hydrogen-bond acceptors (Lipinski definition) is 4. The molecular formula is C21H23NO3S. The average molecular weight is 369 g/mol. The molecule has 2 aromatic carbocycles. The summed E-state index contributed by atoms with van der Waals surface area (Å²) in [4.78, 5) is 12.5. The van der Waals surface area contributed by atoms with Crippen LogP contribution in [-0.2, 0) is 29.1 Å². The molecule has 4 nitrogen and oxygen atoms in total. The summed E-state index contributed by atoms with van der Waals surface area (Å²) >= 11 is -1.31. The fourth-order valence-corrected chi connectivity index (χ4v) is 3.49. The van der Waals surface area contributed by atoms with Crippen molar-refractivity contribution in [3.63, 3.8) is 0 Å². The maximum absolute atomic E-state index is 12.5. The summed E-state index contributed by atoms with van der Waals surface area (Å²) in [5.41, 5.74) is 4.19. The molecule has 0 unspecified atom stereocenters. The number of rotatable bonds is 4. The fraction of sp³-hybridized carbons (Fsp3) is 0.333. The Morgan fingerprint density at radius 1 is 1.12 bits per heavy atom. The van der Waals surface area contributed by atoms with E-state index in [-0.39, 0.29) is 12.6 Å². The molecule has 0 saturated carbocycles. The molecule has 3 rings (SSSR count). The van der Waals surface area contributed by atoms with Crippen LogP contribution < -0.4 is 0 Å². The molecule has 0 aromatic heterocycles. The molecule has 26 heavy (non-hydrogen) atoms. The van der Waals surface area contributed by atoms with Gasteiger partial charge in [-0.3, -0.25) is 0 Å². The number of hydrogen-bond donors (Lipinski definition) is 0. The lowest BCUT2D eigenvalue weighted by Crippen LogP contribution is -2.26. The first-order chi connectivity index (χ1) is 12.4. The predicted molar refractivity (Wildman–Crippen MR) is 105 cm³/mol. The Balaban J connectivity index is 1.79. The van der Waals surface area contributed by atoms with Crippen LogP contribution in [-0.4, -0.2) is 21.0 Å². The minimum Gasteiger partial charge on any atom is -0.591 e.